The van der Waals surface area contributed by atoms with Crippen LogP contribution < -0.4 is 19.1 Å². The fourth-order valence-corrected chi connectivity index (χ4v) is 5.35. The minimum absolute atomic E-state index is 0.116. The first-order valence-electron chi connectivity index (χ1n) is 11.4. The van der Waals surface area contributed by atoms with Crippen LogP contribution >= 0.6 is 0 Å². The number of hydrogen-bond acceptors (Lipinski definition) is 5. The number of nitrogens with zero attached hydrogens (tertiary/aromatic N) is 1. The molecule has 0 aromatic heterocycles. The molecule has 1 aliphatic heterocycles. The molecule has 36 heavy (non-hydrogen) atoms. The summed E-state index contributed by atoms with van der Waals surface area (Å²) in [5, 5.41) is 2.86. The Bertz CT molecular complexity index is 1460. The van der Waals surface area contributed by atoms with Gasteiger partial charge in [-0.3, -0.25) is 9.10 Å². The van der Waals surface area contributed by atoms with Crippen molar-refractivity contribution < 1.29 is 22.7 Å². The summed E-state index contributed by atoms with van der Waals surface area (Å²) in [6.45, 7) is 1.08. The quantitative estimate of drug-likeness (QED) is 0.381. The Balaban J connectivity index is 1.35. The zero-order valence-electron chi connectivity index (χ0n) is 19.3. The standard InChI is InChI=1S/C28H24N2O5S/c31-28(29-23-15-16-26-27(19-23)35-18-17-34-26)22-13-11-21(12-14-22)20-30(24-7-3-1-4-8-24)36(32,33)25-9-5-2-6-10-25/h1-16,19H,17-18,20H2,(H,29,31). The number of sulfonamides is 1. The monoisotopic (exact) mass is 500 g/mol. The van der Waals surface area contributed by atoms with Crippen LogP contribution in [0.5, 0.6) is 11.5 Å². The number of nitrogens with one attached hydrogen (secondary N) is 1. The molecule has 5 rings (SSSR count). The maximum Gasteiger partial charge on any atom is 0.264 e. The highest BCUT2D eigenvalue weighted by Crippen LogP contribution is 2.33. The van der Waals surface area contributed by atoms with E-state index >= 15 is 0 Å². The van der Waals surface area contributed by atoms with Gasteiger partial charge in [-0.05, 0) is 54.1 Å². The highest BCUT2D eigenvalue weighted by Gasteiger charge is 2.25. The van der Waals surface area contributed by atoms with Crippen LogP contribution in [0.15, 0.2) is 108 Å². The second kappa shape index (κ2) is 10.1. The summed E-state index contributed by atoms with van der Waals surface area (Å²) in [6, 6.07) is 29.4. The van der Waals surface area contributed by atoms with Gasteiger partial charge in [0.05, 0.1) is 17.1 Å². The van der Waals surface area contributed by atoms with Crippen LogP contribution in [0.2, 0.25) is 0 Å². The van der Waals surface area contributed by atoms with Crippen molar-refractivity contribution in [3.05, 3.63) is 114 Å². The molecule has 1 N–H and O–H groups in total. The molecule has 0 fully saturated rings. The molecule has 0 spiro atoms. The number of rotatable bonds is 7. The molecule has 0 radical (unpaired) electrons. The van der Waals surface area contributed by atoms with E-state index in [1.807, 2.05) is 6.07 Å². The van der Waals surface area contributed by atoms with Crippen LogP contribution in [0.3, 0.4) is 0 Å². The van der Waals surface area contributed by atoms with Crippen molar-refractivity contribution in [2.24, 2.45) is 0 Å². The normalized spacial score (nSPS) is 12.6. The van der Waals surface area contributed by atoms with E-state index < -0.39 is 10.0 Å². The van der Waals surface area contributed by atoms with Crippen molar-refractivity contribution in [1.29, 1.82) is 0 Å². The summed E-state index contributed by atoms with van der Waals surface area (Å²) in [5.41, 5.74) is 2.35. The van der Waals surface area contributed by atoms with Gasteiger partial charge < -0.3 is 14.8 Å². The number of amides is 1. The number of ether oxygens (including phenoxy) is 2. The zero-order chi connectivity index (χ0) is 25.0. The van der Waals surface area contributed by atoms with E-state index in [1.165, 1.54) is 4.31 Å². The summed E-state index contributed by atoms with van der Waals surface area (Å²) in [6.07, 6.45) is 0. The highest BCUT2D eigenvalue weighted by molar-refractivity contribution is 7.92. The largest absolute Gasteiger partial charge is 0.486 e. The molecule has 8 heteroatoms. The maximum atomic E-state index is 13.5. The highest BCUT2D eigenvalue weighted by atomic mass is 32.2. The molecular formula is C28H24N2O5S. The predicted molar refractivity (Wildman–Crippen MR) is 138 cm³/mol. The molecule has 0 saturated carbocycles. The van der Waals surface area contributed by atoms with Crippen molar-refractivity contribution >= 4 is 27.3 Å². The lowest BCUT2D eigenvalue weighted by molar-refractivity contribution is 0.102. The number of anilines is 2. The van der Waals surface area contributed by atoms with Crippen molar-refractivity contribution in [2.75, 3.05) is 22.8 Å². The van der Waals surface area contributed by atoms with Crippen LogP contribution in [-0.2, 0) is 16.6 Å². The van der Waals surface area contributed by atoms with Crippen molar-refractivity contribution in [3.8, 4) is 11.5 Å². The smallest absolute Gasteiger partial charge is 0.264 e. The molecule has 1 aliphatic rings. The van der Waals surface area contributed by atoms with Crippen molar-refractivity contribution in [1.82, 2.24) is 0 Å². The number of benzene rings is 4. The van der Waals surface area contributed by atoms with E-state index in [0.717, 1.165) is 5.56 Å². The molecule has 0 atom stereocenters. The summed E-state index contributed by atoms with van der Waals surface area (Å²) < 4.78 is 39.4. The third kappa shape index (κ3) is 5.04. The van der Waals surface area contributed by atoms with Gasteiger partial charge in [0.1, 0.15) is 13.2 Å². The molecule has 0 aliphatic carbocycles. The summed E-state index contributed by atoms with van der Waals surface area (Å²) >= 11 is 0. The van der Waals surface area contributed by atoms with E-state index in [1.54, 1.807) is 97.1 Å². The zero-order valence-corrected chi connectivity index (χ0v) is 20.1. The Kier molecular flexibility index (Phi) is 6.60. The Hall–Kier alpha value is -4.30. The van der Waals surface area contributed by atoms with E-state index in [-0.39, 0.29) is 17.3 Å². The first kappa shape index (κ1) is 23.4. The minimum Gasteiger partial charge on any atom is -0.486 e. The van der Waals surface area contributed by atoms with Crippen molar-refractivity contribution in [2.45, 2.75) is 11.4 Å². The molecule has 0 bridgehead atoms. The Morgan fingerprint density at radius 1 is 0.778 bits per heavy atom. The molecule has 4 aromatic rings. The van der Waals surface area contributed by atoms with E-state index in [2.05, 4.69) is 5.32 Å². The topological polar surface area (TPSA) is 84.9 Å². The fourth-order valence-electron chi connectivity index (χ4n) is 3.88. The summed E-state index contributed by atoms with van der Waals surface area (Å²) in [4.78, 5) is 13.0. The Morgan fingerprint density at radius 2 is 1.42 bits per heavy atom. The van der Waals surface area contributed by atoms with Crippen LogP contribution in [0.4, 0.5) is 11.4 Å². The maximum absolute atomic E-state index is 13.5. The van der Waals surface area contributed by atoms with E-state index in [9.17, 15) is 13.2 Å². The lowest BCUT2D eigenvalue weighted by Gasteiger charge is -2.25. The van der Waals surface area contributed by atoms with Gasteiger partial charge in [-0.2, -0.15) is 0 Å². The van der Waals surface area contributed by atoms with Gasteiger partial charge >= 0.3 is 0 Å². The van der Waals surface area contributed by atoms with Crippen LogP contribution in [-0.4, -0.2) is 27.5 Å². The molecular weight excluding hydrogens is 476 g/mol. The van der Waals surface area contributed by atoms with Gasteiger partial charge in [-0.15, -0.1) is 0 Å². The second-order valence-electron chi connectivity index (χ2n) is 8.17. The molecule has 182 valence electrons. The average Bonchev–Trinajstić information content (AvgIpc) is 2.93. The Morgan fingerprint density at radius 3 is 2.11 bits per heavy atom. The third-order valence-corrected chi connectivity index (χ3v) is 7.51. The number of carbonyl (C=O) groups excluding carboxylic acids is 1. The summed E-state index contributed by atoms with van der Waals surface area (Å²) in [5.74, 6) is 0.960. The van der Waals surface area contributed by atoms with Gasteiger partial charge in [0.15, 0.2) is 11.5 Å². The van der Waals surface area contributed by atoms with Crippen LogP contribution in [0.25, 0.3) is 0 Å². The Labute approximate surface area is 210 Å². The van der Waals surface area contributed by atoms with Crippen LogP contribution in [0, 0.1) is 0 Å². The fraction of sp³-hybridized carbons (Fsp3) is 0.107. The van der Waals surface area contributed by atoms with Gasteiger partial charge in [0.2, 0.25) is 0 Å². The lowest BCUT2D eigenvalue weighted by Crippen LogP contribution is -2.30. The average molecular weight is 501 g/mol. The van der Waals surface area contributed by atoms with Gasteiger partial charge in [0.25, 0.3) is 15.9 Å². The molecule has 0 unspecified atom stereocenters. The number of fused-ring (bicyclic) bond motifs is 1. The summed E-state index contributed by atoms with van der Waals surface area (Å²) in [7, 11) is -3.80. The molecule has 1 heterocycles. The molecule has 4 aromatic carbocycles. The second-order valence-corrected chi connectivity index (χ2v) is 10.0. The number of carbonyl (C=O) groups is 1. The van der Waals surface area contributed by atoms with Crippen molar-refractivity contribution in [3.63, 3.8) is 0 Å². The minimum atomic E-state index is -3.80. The van der Waals surface area contributed by atoms with E-state index in [0.29, 0.717) is 41.7 Å². The predicted octanol–water partition coefficient (Wildman–Crippen LogP) is 5.11. The number of para-hydroxylation sites is 1. The molecule has 7 nitrogen and oxygen atoms in total. The SMILES string of the molecule is O=C(Nc1ccc2c(c1)OCCO2)c1ccc(CN(c2ccccc2)S(=O)(=O)c2ccccc2)cc1. The van der Waals surface area contributed by atoms with Gasteiger partial charge in [-0.25, -0.2) is 8.42 Å². The van der Waals surface area contributed by atoms with E-state index in [4.69, 9.17) is 9.47 Å². The molecule has 0 saturated heterocycles. The van der Waals surface area contributed by atoms with Gasteiger partial charge in [-0.1, -0.05) is 48.5 Å². The van der Waals surface area contributed by atoms with Gasteiger partial charge in [0, 0.05) is 17.3 Å². The first-order chi connectivity index (χ1) is 17.5. The third-order valence-electron chi connectivity index (χ3n) is 5.72. The number of hydrogen-bond donors (Lipinski definition) is 1. The molecule has 1 amide bonds. The lowest BCUT2D eigenvalue weighted by atomic mass is 10.1. The van der Waals surface area contributed by atoms with Crippen LogP contribution in [0.1, 0.15) is 15.9 Å². The first-order valence-corrected chi connectivity index (χ1v) is 12.9.